The number of imide groups is 1. The van der Waals surface area contributed by atoms with E-state index < -0.39 is 30.1 Å². The Bertz CT molecular complexity index is 560. The zero-order chi connectivity index (χ0) is 14.7. The summed E-state index contributed by atoms with van der Waals surface area (Å²) in [5, 5.41) is 2.41. The molecule has 1 fully saturated rings. The molecule has 1 aromatic rings. The van der Waals surface area contributed by atoms with E-state index in [0.717, 1.165) is 17.0 Å². The minimum atomic E-state index is -0.605. The van der Waals surface area contributed by atoms with Crippen LogP contribution in [0.2, 0.25) is 0 Å². The maximum Gasteiger partial charge on any atom is 0.255 e. The number of nitrogens with two attached hydrogens (primary N) is 1. The highest BCUT2D eigenvalue weighted by Gasteiger charge is 2.28. The Morgan fingerprint density at radius 2 is 2.00 bits per heavy atom. The van der Waals surface area contributed by atoms with Crippen LogP contribution < -0.4 is 11.1 Å². The molecule has 0 atom stereocenters. The summed E-state index contributed by atoms with van der Waals surface area (Å²) in [7, 11) is 0. The third-order valence-corrected chi connectivity index (χ3v) is 2.64. The lowest BCUT2D eigenvalue weighted by atomic mass is 10.2. The zero-order valence-electron chi connectivity index (χ0n) is 10.4. The van der Waals surface area contributed by atoms with Crippen LogP contribution in [0.1, 0.15) is 0 Å². The van der Waals surface area contributed by atoms with Gasteiger partial charge in [-0.1, -0.05) is 0 Å². The van der Waals surface area contributed by atoms with Gasteiger partial charge in [0, 0.05) is 0 Å². The number of ether oxygens (including phenoxy) is 1. The van der Waals surface area contributed by atoms with Gasteiger partial charge in [0.15, 0.2) is 0 Å². The van der Waals surface area contributed by atoms with E-state index in [1.807, 2.05) is 0 Å². The number of carbonyl (C=O) groups excluding carboxylic acids is 3. The average molecular weight is 281 g/mol. The number of morpholine rings is 1. The number of hydrogen-bond donors (Lipinski definition) is 2. The zero-order valence-corrected chi connectivity index (χ0v) is 10.4. The van der Waals surface area contributed by atoms with Crippen molar-refractivity contribution in [2.24, 2.45) is 0 Å². The molecule has 106 valence electrons. The molecule has 1 saturated heterocycles. The van der Waals surface area contributed by atoms with Gasteiger partial charge in [-0.2, -0.15) is 0 Å². The Morgan fingerprint density at radius 1 is 1.35 bits per heavy atom. The number of anilines is 2. The molecule has 0 radical (unpaired) electrons. The van der Waals surface area contributed by atoms with Crippen LogP contribution in [0.3, 0.4) is 0 Å². The van der Waals surface area contributed by atoms with Gasteiger partial charge in [-0.25, -0.2) is 4.39 Å². The maximum atomic E-state index is 12.9. The second kappa shape index (κ2) is 5.66. The van der Waals surface area contributed by atoms with E-state index in [0.29, 0.717) is 0 Å². The lowest BCUT2D eigenvalue weighted by Crippen LogP contribution is -2.49. The van der Waals surface area contributed by atoms with Crippen LogP contribution in [0.25, 0.3) is 0 Å². The molecule has 0 saturated carbocycles. The summed E-state index contributed by atoms with van der Waals surface area (Å²) in [5.41, 5.74) is 5.80. The Hall–Kier alpha value is -2.48. The summed E-state index contributed by atoms with van der Waals surface area (Å²) in [6.07, 6.45) is 0. The predicted octanol–water partition coefficient (Wildman–Crippen LogP) is -0.268. The Labute approximate surface area is 113 Å². The van der Waals surface area contributed by atoms with Gasteiger partial charge in [-0.3, -0.25) is 19.3 Å². The van der Waals surface area contributed by atoms with Crippen molar-refractivity contribution in [3.8, 4) is 0 Å². The second-order valence-electron chi connectivity index (χ2n) is 4.15. The van der Waals surface area contributed by atoms with Crippen molar-refractivity contribution in [1.82, 2.24) is 4.90 Å². The first-order chi connectivity index (χ1) is 9.47. The van der Waals surface area contributed by atoms with Gasteiger partial charge in [0.1, 0.15) is 25.6 Å². The van der Waals surface area contributed by atoms with Crippen molar-refractivity contribution < 1.29 is 23.5 Å². The first-order valence-electron chi connectivity index (χ1n) is 5.73. The van der Waals surface area contributed by atoms with E-state index in [9.17, 15) is 18.8 Å². The van der Waals surface area contributed by atoms with Crippen LogP contribution in [0.5, 0.6) is 0 Å². The number of benzene rings is 1. The normalized spacial score (nSPS) is 15.3. The van der Waals surface area contributed by atoms with Gasteiger partial charge in [-0.15, -0.1) is 0 Å². The molecule has 7 nitrogen and oxygen atoms in total. The van der Waals surface area contributed by atoms with Crippen LogP contribution in [0.4, 0.5) is 15.8 Å². The van der Waals surface area contributed by atoms with Crippen molar-refractivity contribution in [2.75, 3.05) is 30.8 Å². The molecule has 3 N–H and O–H groups in total. The van der Waals surface area contributed by atoms with Gasteiger partial charge >= 0.3 is 0 Å². The van der Waals surface area contributed by atoms with E-state index in [1.54, 1.807) is 0 Å². The van der Waals surface area contributed by atoms with Gasteiger partial charge in [0.2, 0.25) is 5.91 Å². The van der Waals surface area contributed by atoms with Gasteiger partial charge in [-0.05, 0) is 18.2 Å². The van der Waals surface area contributed by atoms with E-state index in [2.05, 4.69) is 5.32 Å². The summed E-state index contributed by atoms with van der Waals surface area (Å²) in [4.78, 5) is 35.4. The lowest BCUT2D eigenvalue weighted by Gasteiger charge is -2.24. The Balaban J connectivity index is 2.01. The number of halogens is 1. The van der Waals surface area contributed by atoms with Crippen LogP contribution in [0.15, 0.2) is 18.2 Å². The quantitative estimate of drug-likeness (QED) is 0.586. The average Bonchev–Trinajstić information content (AvgIpc) is 2.37. The van der Waals surface area contributed by atoms with Crippen molar-refractivity contribution in [3.05, 3.63) is 24.0 Å². The number of hydrogen-bond acceptors (Lipinski definition) is 5. The Kier molecular flexibility index (Phi) is 3.94. The summed E-state index contributed by atoms with van der Waals surface area (Å²) in [5.74, 6) is -2.29. The molecular weight excluding hydrogens is 269 g/mol. The van der Waals surface area contributed by atoms with E-state index >= 15 is 0 Å². The number of nitrogens with one attached hydrogen (secondary N) is 1. The van der Waals surface area contributed by atoms with Gasteiger partial charge in [0.25, 0.3) is 11.8 Å². The van der Waals surface area contributed by atoms with Gasteiger partial charge in [0.05, 0.1) is 11.4 Å². The van der Waals surface area contributed by atoms with Crippen molar-refractivity contribution in [2.45, 2.75) is 0 Å². The molecule has 1 aliphatic rings. The standard InChI is InChI=1S/C12H12FN3O4/c13-7-1-2-9(8(14)3-7)15-10(17)4-16-11(18)5-20-6-12(16)19/h1-3H,4-6,14H2,(H,15,17). The van der Waals surface area contributed by atoms with Crippen molar-refractivity contribution >= 4 is 29.1 Å². The molecule has 1 aromatic carbocycles. The highest BCUT2D eigenvalue weighted by Crippen LogP contribution is 2.19. The largest absolute Gasteiger partial charge is 0.397 e. The highest BCUT2D eigenvalue weighted by molar-refractivity contribution is 6.04. The van der Waals surface area contributed by atoms with Gasteiger partial charge < -0.3 is 15.8 Å². The van der Waals surface area contributed by atoms with Crippen molar-refractivity contribution in [3.63, 3.8) is 0 Å². The molecule has 0 aliphatic carbocycles. The molecule has 1 aliphatic heterocycles. The Morgan fingerprint density at radius 3 is 2.60 bits per heavy atom. The lowest BCUT2D eigenvalue weighted by molar-refractivity contribution is -0.159. The SMILES string of the molecule is Nc1cc(F)ccc1NC(=O)CN1C(=O)COCC1=O. The van der Waals surface area contributed by atoms with Crippen LogP contribution >= 0.6 is 0 Å². The monoisotopic (exact) mass is 281 g/mol. The summed E-state index contributed by atoms with van der Waals surface area (Å²) in [6.45, 7) is -0.909. The number of nitrogen functional groups attached to an aromatic ring is 1. The topological polar surface area (TPSA) is 102 Å². The number of rotatable bonds is 3. The fourth-order valence-corrected chi connectivity index (χ4v) is 1.68. The molecule has 2 rings (SSSR count). The molecule has 0 bridgehead atoms. The molecular formula is C12H12FN3O4. The third-order valence-electron chi connectivity index (χ3n) is 2.64. The molecule has 20 heavy (non-hydrogen) atoms. The van der Waals surface area contributed by atoms with Crippen molar-refractivity contribution in [1.29, 1.82) is 0 Å². The molecule has 1 heterocycles. The molecule has 8 heteroatoms. The second-order valence-corrected chi connectivity index (χ2v) is 4.15. The maximum absolute atomic E-state index is 12.9. The fourth-order valence-electron chi connectivity index (χ4n) is 1.68. The fraction of sp³-hybridized carbons (Fsp3) is 0.250. The number of carbonyl (C=O) groups is 3. The molecule has 0 aromatic heterocycles. The predicted molar refractivity (Wildman–Crippen MR) is 67.0 cm³/mol. The summed E-state index contributed by atoms with van der Waals surface area (Å²) < 4.78 is 17.6. The number of nitrogens with zero attached hydrogens (tertiary/aromatic N) is 1. The van der Waals surface area contributed by atoms with Crippen LogP contribution in [-0.4, -0.2) is 42.4 Å². The first-order valence-corrected chi connectivity index (χ1v) is 5.73. The third kappa shape index (κ3) is 3.09. The van der Waals surface area contributed by atoms with E-state index in [1.165, 1.54) is 6.07 Å². The minimum absolute atomic E-state index is 0.0537. The van der Waals surface area contributed by atoms with Crippen LogP contribution in [-0.2, 0) is 19.1 Å². The summed E-state index contributed by atoms with van der Waals surface area (Å²) in [6, 6.07) is 3.49. The molecule has 0 spiro atoms. The summed E-state index contributed by atoms with van der Waals surface area (Å²) >= 11 is 0. The minimum Gasteiger partial charge on any atom is -0.397 e. The van der Waals surface area contributed by atoms with Crippen LogP contribution in [0, 0.1) is 5.82 Å². The molecule has 3 amide bonds. The number of amides is 3. The van der Waals surface area contributed by atoms with E-state index in [-0.39, 0.29) is 24.6 Å². The highest BCUT2D eigenvalue weighted by atomic mass is 19.1. The molecule has 0 unspecified atom stereocenters. The van der Waals surface area contributed by atoms with E-state index in [4.69, 9.17) is 10.5 Å². The smallest absolute Gasteiger partial charge is 0.255 e. The first kappa shape index (κ1) is 13.9.